The van der Waals surface area contributed by atoms with Gasteiger partial charge in [0.1, 0.15) is 5.82 Å². The summed E-state index contributed by atoms with van der Waals surface area (Å²) in [5.74, 6) is -0.352. The molecule has 2 aliphatic rings. The molecule has 2 aliphatic heterocycles. The minimum absolute atomic E-state index is 0.0216. The van der Waals surface area contributed by atoms with Crippen molar-refractivity contribution in [2.24, 2.45) is 5.92 Å². The van der Waals surface area contributed by atoms with E-state index < -0.39 is 25.7 Å². The van der Waals surface area contributed by atoms with Gasteiger partial charge < -0.3 is 4.74 Å². The minimum atomic E-state index is -4.07. The van der Waals surface area contributed by atoms with E-state index >= 15 is 0 Å². The molecule has 1 saturated heterocycles. The third kappa shape index (κ3) is 5.01. The summed E-state index contributed by atoms with van der Waals surface area (Å²) in [6.07, 6.45) is 3.40. The number of nitrogens with one attached hydrogen (secondary N) is 1. The summed E-state index contributed by atoms with van der Waals surface area (Å²) in [5, 5.41) is 0. The van der Waals surface area contributed by atoms with E-state index in [1.165, 1.54) is 18.2 Å². The van der Waals surface area contributed by atoms with Crippen LogP contribution in [0.2, 0.25) is 0 Å². The van der Waals surface area contributed by atoms with Crippen LogP contribution in [0.4, 0.5) is 4.39 Å². The van der Waals surface area contributed by atoms with Crippen LogP contribution in [0.3, 0.4) is 0 Å². The summed E-state index contributed by atoms with van der Waals surface area (Å²) in [4.78, 5) is -0.165. The molecule has 2 heterocycles. The molecule has 0 atom stereocenters. The monoisotopic (exact) mass is 495 g/mol. The van der Waals surface area contributed by atoms with E-state index in [0.29, 0.717) is 55.1 Å². The molecule has 6 nitrogen and oxygen atoms in total. The molecule has 0 amide bonds. The average molecular weight is 496 g/mol. The number of sulfonamides is 1. The number of halogens is 1. The van der Waals surface area contributed by atoms with Gasteiger partial charge >= 0.3 is 0 Å². The first kappa shape index (κ1) is 24.3. The lowest BCUT2D eigenvalue weighted by atomic mass is 9.97. The van der Waals surface area contributed by atoms with Crippen LogP contribution in [0.5, 0.6) is 0 Å². The zero-order chi connectivity index (χ0) is 23.8. The van der Waals surface area contributed by atoms with E-state index in [1.54, 1.807) is 6.07 Å². The van der Waals surface area contributed by atoms with Crippen molar-refractivity contribution in [3.63, 3.8) is 0 Å². The first-order chi connectivity index (χ1) is 15.6. The maximum absolute atomic E-state index is 13.9. The molecule has 180 valence electrons. The molecular formula is C24H30FNO5S2. The van der Waals surface area contributed by atoms with Gasteiger partial charge in [0.25, 0.3) is 0 Å². The van der Waals surface area contributed by atoms with Crippen molar-refractivity contribution >= 4 is 19.9 Å². The molecule has 4 rings (SSSR count). The number of fused-ring (bicyclic) bond motifs is 2. The van der Waals surface area contributed by atoms with Gasteiger partial charge in [0.15, 0.2) is 0 Å². The van der Waals surface area contributed by atoms with Crippen LogP contribution >= 0.6 is 0 Å². The maximum atomic E-state index is 13.9. The third-order valence-electron chi connectivity index (χ3n) is 6.56. The lowest BCUT2D eigenvalue weighted by Gasteiger charge is -2.22. The fourth-order valence-electron chi connectivity index (χ4n) is 4.64. The van der Waals surface area contributed by atoms with Crippen LogP contribution in [0, 0.1) is 11.7 Å². The number of aryl methyl sites for hydroxylation is 2. The molecule has 1 N–H and O–H groups in total. The molecular weight excluding hydrogens is 465 g/mol. The normalized spacial score (nSPS) is 18.5. The Kier molecular flexibility index (Phi) is 6.96. The average Bonchev–Trinajstić information content (AvgIpc) is 2.87. The van der Waals surface area contributed by atoms with Gasteiger partial charge in [-0.25, -0.2) is 25.9 Å². The summed E-state index contributed by atoms with van der Waals surface area (Å²) in [6.45, 7) is 5.44. The van der Waals surface area contributed by atoms with E-state index in [2.05, 4.69) is 4.72 Å². The van der Waals surface area contributed by atoms with Gasteiger partial charge in [-0.3, -0.25) is 0 Å². The van der Waals surface area contributed by atoms with E-state index in [-0.39, 0.29) is 27.1 Å². The van der Waals surface area contributed by atoms with Gasteiger partial charge in [0.2, 0.25) is 19.9 Å². The summed E-state index contributed by atoms with van der Waals surface area (Å²) < 4.78 is 75.4. The Morgan fingerprint density at radius 1 is 1.06 bits per heavy atom. The van der Waals surface area contributed by atoms with Crippen molar-refractivity contribution in [2.75, 3.05) is 19.8 Å². The van der Waals surface area contributed by atoms with Gasteiger partial charge in [-0.15, -0.1) is 0 Å². The van der Waals surface area contributed by atoms with E-state index in [0.717, 1.165) is 18.9 Å². The summed E-state index contributed by atoms with van der Waals surface area (Å²) >= 11 is 0. The fourth-order valence-corrected chi connectivity index (χ4v) is 7.93. The zero-order valence-electron chi connectivity index (χ0n) is 18.9. The predicted octanol–water partition coefficient (Wildman–Crippen LogP) is 3.98. The highest BCUT2D eigenvalue weighted by Crippen LogP contribution is 2.37. The molecule has 33 heavy (non-hydrogen) atoms. The van der Waals surface area contributed by atoms with Crippen LogP contribution in [-0.2, 0) is 37.4 Å². The Hall–Kier alpha value is -1.81. The number of hydrogen-bond donors (Lipinski definition) is 1. The molecule has 0 aromatic heterocycles. The Morgan fingerprint density at radius 2 is 1.73 bits per heavy atom. The number of rotatable bonds is 6. The van der Waals surface area contributed by atoms with Crippen LogP contribution in [0.25, 0.3) is 0 Å². The standard InChI is InChI=1S/C24H30FNO5S2/c1-16(2)21-13-19-4-3-18-5-6-20(25)14-22(18)32(27,28)23(19)15-24(21)33(29,30)26-10-7-17-8-11-31-12-9-17/h5-6,13-17,26H,3-4,7-12H2,1-2H3. The Balaban J connectivity index is 1.72. The van der Waals surface area contributed by atoms with Crippen molar-refractivity contribution in [2.45, 2.75) is 66.6 Å². The molecule has 1 fully saturated rings. The lowest BCUT2D eigenvalue weighted by molar-refractivity contribution is 0.0644. The first-order valence-corrected chi connectivity index (χ1v) is 14.3. The van der Waals surface area contributed by atoms with Crippen LogP contribution in [0.1, 0.15) is 55.7 Å². The molecule has 0 aliphatic carbocycles. The third-order valence-corrected chi connectivity index (χ3v) is 10.00. The second-order valence-electron chi connectivity index (χ2n) is 9.15. The Bertz CT molecular complexity index is 1250. The highest BCUT2D eigenvalue weighted by molar-refractivity contribution is 7.92. The quantitative estimate of drug-likeness (QED) is 0.655. The van der Waals surface area contributed by atoms with Gasteiger partial charge in [-0.1, -0.05) is 26.0 Å². The number of ether oxygens (including phenoxy) is 1. The fraction of sp³-hybridized carbons (Fsp3) is 0.500. The molecule has 0 unspecified atom stereocenters. The van der Waals surface area contributed by atoms with Crippen LogP contribution in [-0.4, -0.2) is 36.6 Å². The van der Waals surface area contributed by atoms with Crippen LogP contribution in [0.15, 0.2) is 45.0 Å². The molecule has 9 heteroatoms. The number of hydrogen-bond acceptors (Lipinski definition) is 5. The summed E-state index contributed by atoms with van der Waals surface area (Å²) in [6, 6.07) is 6.75. The SMILES string of the molecule is CC(C)c1cc2c(cc1S(=O)(=O)NCCC1CCOCC1)S(=O)(=O)c1cc(F)ccc1CC2. The number of benzene rings is 2. The number of sulfone groups is 1. The van der Waals surface area contributed by atoms with Gasteiger partial charge in [0, 0.05) is 19.8 Å². The highest BCUT2D eigenvalue weighted by atomic mass is 32.2. The van der Waals surface area contributed by atoms with E-state index in [4.69, 9.17) is 4.74 Å². The molecule has 0 saturated carbocycles. The first-order valence-electron chi connectivity index (χ1n) is 11.4. The molecule has 0 spiro atoms. The van der Waals surface area contributed by atoms with Crippen molar-refractivity contribution < 1.29 is 26.0 Å². The second-order valence-corrected chi connectivity index (χ2v) is 12.8. The maximum Gasteiger partial charge on any atom is 0.240 e. The van der Waals surface area contributed by atoms with E-state index in [9.17, 15) is 21.2 Å². The zero-order valence-corrected chi connectivity index (χ0v) is 20.6. The largest absolute Gasteiger partial charge is 0.381 e. The molecule has 2 aromatic carbocycles. The lowest BCUT2D eigenvalue weighted by Crippen LogP contribution is -2.29. The molecule has 0 radical (unpaired) electrons. The van der Waals surface area contributed by atoms with Crippen molar-refractivity contribution in [1.29, 1.82) is 0 Å². The topological polar surface area (TPSA) is 89.5 Å². The molecule has 0 bridgehead atoms. The van der Waals surface area contributed by atoms with Gasteiger partial charge in [-0.05, 0) is 78.8 Å². The summed E-state index contributed by atoms with van der Waals surface area (Å²) in [7, 11) is -8.01. The summed E-state index contributed by atoms with van der Waals surface area (Å²) in [5.41, 5.74) is 1.69. The van der Waals surface area contributed by atoms with Gasteiger partial charge in [0.05, 0.1) is 14.7 Å². The van der Waals surface area contributed by atoms with Crippen molar-refractivity contribution in [3.05, 3.63) is 52.8 Å². The smallest absolute Gasteiger partial charge is 0.240 e. The Labute approximate surface area is 195 Å². The van der Waals surface area contributed by atoms with Crippen LogP contribution < -0.4 is 4.72 Å². The highest BCUT2D eigenvalue weighted by Gasteiger charge is 2.32. The van der Waals surface area contributed by atoms with Gasteiger partial charge in [-0.2, -0.15) is 0 Å². The predicted molar refractivity (Wildman–Crippen MR) is 123 cm³/mol. The minimum Gasteiger partial charge on any atom is -0.381 e. The molecule has 2 aromatic rings. The van der Waals surface area contributed by atoms with Crippen molar-refractivity contribution in [1.82, 2.24) is 4.72 Å². The second kappa shape index (κ2) is 9.44. The Morgan fingerprint density at radius 3 is 2.42 bits per heavy atom. The van der Waals surface area contributed by atoms with E-state index in [1.807, 2.05) is 13.8 Å². The van der Waals surface area contributed by atoms with Crippen molar-refractivity contribution in [3.8, 4) is 0 Å².